The first-order valence-corrected chi connectivity index (χ1v) is 9.35. The Hall–Kier alpha value is -2.28. The summed E-state index contributed by atoms with van der Waals surface area (Å²) in [5, 5.41) is 2.80. The molecule has 0 spiro atoms. The Morgan fingerprint density at radius 2 is 1.88 bits per heavy atom. The minimum atomic E-state index is 0.0586. The monoisotopic (exact) mass is 378 g/mol. The molecule has 0 aliphatic heterocycles. The number of benzene rings is 1. The topological polar surface area (TPSA) is 60.9 Å². The lowest BCUT2D eigenvalue weighted by molar-refractivity contribution is -0.130. The first-order valence-electron chi connectivity index (χ1n) is 8.47. The van der Waals surface area contributed by atoms with E-state index in [0.29, 0.717) is 36.3 Å². The second-order valence-corrected chi connectivity index (χ2v) is 7.25. The van der Waals surface area contributed by atoms with Crippen LogP contribution in [0.25, 0.3) is 0 Å². The molecular weight excluding hydrogens is 352 g/mol. The highest BCUT2D eigenvalue weighted by molar-refractivity contribution is 7.09. The van der Waals surface area contributed by atoms with Gasteiger partial charge in [0.25, 0.3) is 0 Å². The van der Waals surface area contributed by atoms with Crippen LogP contribution in [0, 0.1) is 5.92 Å². The standard InChI is InChI=1S/C19H26N2O4S/c1-13(2)9-21(14(3)22)10-15-12-26-18(20-15)11-25-19-16(23-4)7-6-8-17(19)24-5/h6-8,12-13H,9-11H2,1-5H3. The molecular formula is C19H26N2O4S. The highest BCUT2D eigenvalue weighted by Crippen LogP contribution is 2.37. The molecule has 2 aromatic rings. The Morgan fingerprint density at radius 3 is 2.42 bits per heavy atom. The van der Waals surface area contributed by atoms with E-state index in [1.165, 1.54) is 11.3 Å². The van der Waals surface area contributed by atoms with E-state index in [2.05, 4.69) is 18.8 Å². The van der Waals surface area contributed by atoms with Gasteiger partial charge in [-0.15, -0.1) is 11.3 Å². The van der Waals surface area contributed by atoms with Gasteiger partial charge < -0.3 is 19.1 Å². The molecule has 0 saturated heterocycles. The predicted molar refractivity (Wildman–Crippen MR) is 102 cm³/mol. The molecule has 6 nitrogen and oxygen atoms in total. The zero-order chi connectivity index (χ0) is 19.1. The van der Waals surface area contributed by atoms with Crippen LogP contribution in [0.1, 0.15) is 31.5 Å². The zero-order valence-electron chi connectivity index (χ0n) is 15.9. The van der Waals surface area contributed by atoms with Gasteiger partial charge in [0.15, 0.2) is 11.5 Å². The summed E-state index contributed by atoms with van der Waals surface area (Å²) >= 11 is 1.51. The van der Waals surface area contributed by atoms with Gasteiger partial charge in [0.05, 0.1) is 26.5 Å². The molecule has 1 aromatic carbocycles. The van der Waals surface area contributed by atoms with E-state index >= 15 is 0 Å². The number of rotatable bonds is 9. The molecule has 26 heavy (non-hydrogen) atoms. The summed E-state index contributed by atoms with van der Waals surface area (Å²) in [6.45, 7) is 7.32. The number of amides is 1. The van der Waals surface area contributed by atoms with E-state index in [1.54, 1.807) is 21.1 Å². The van der Waals surface area contributed by atoms with Crippen LogP contribution in [-0.2, 0) is 17.9 Å². The average molecular weight is 378 g/mol. The lowest BCUT2D eigenvalue weighted by Gasteiger charge is -2.22. The average Bonchev–Trinajstić information content (AvgIpc) is 3.05. The SMILES string of the molecule is COc1cccc(OC)c1OCc1nc(CN(CC(C)C)C(C)=O)cs1. The lowest BCUT2D eigenvalue weighted by atomic mass is 10.2. The van der Waals surface area contributed by atoms with Gasteiger partial charge in [0, 0.05) is 18.8 Å². The van der Waals surface area contributed by atoms with Crippen molar-refractivity contribution >= 4 is 17.2 Å². The maximum absolute atomic E-state index is 11.8. The Labute approximate surface area is 158 Å². The van der Waals surface area contributed by atoms with Gasteiger partial charge >= 0.3 is 0 Å². The first-order chi connectivity index (χ1) is 12.4. The molecule has 0 unspecified atom stereocenters. The maximum Gasteiger partial charge on any atom is 0.219 e. The van der Waals surface area contributed by atoms with Crippen molar-refractivity contribution in [3.8, 4) is 17.2 Å². The van der Waals surface area contributed by atoms with Crippen LogP contribution < -0.4 is 14.2 Å². The Kier molecular flexibility index (Phi) is 7.26. The maximum atomic E-state index is 11.8. The third kappa shape index (κ3) is 5.36. The summed E-state index contributed by atoms with van der Waals surface area (Å²) in [5.41, 5.74) is 0.872. The smallest absolute Gasteiger partial charge is 0.219 e. The highest BCUT2D eigenvalue weighted by Gasteiger charge is 2.15. The Balaban J connectivity index is 2.04. The molecule has 1 aromatic heterocycles. The Morgan fingerprint density at radius 1 is 1.23 bits per heavy atom. The van der Waals surface area contributed by atoms with E-state index in [-0.39, 0.29) is 5.91 Å². The fraction of sp³-hybridized carbons (Fsp3) is 0.474. The number of carbonyl (C=O) groups is 1. The highest BCUT2D eigenvalue weighted by atomic mass is 32.1. The van der Waals surface area contributed by atoms with Crippen molar-refractivity contribution in [3.05, 3.63) is 34.3 Å². The van der Waals surface area contributed by atoms with Gasteiger partial charge in [-0.05, 0) is 18.1 Å². The number of carbonyl (C=O) groups excluding carboxylic acids is 1. The van der Waals surface area contributed by atoms with Gasteiger partial charge in [-0.2, -0.15) is 0 Å². The molecule has 0 bridgehead atoms. The van der Waals surface area contributed by atoms with Crippen LogP contribution in [0.4, 0.5) is 0 Å². The van der Waals surface area contributed by atoms with E-state index in [4.69, 9.17) is 14.2 Å². The van der Waals surface area contributed by atoms with Crippen LogP contribution >= 0.6 is 11.3 Å². The summed E-state index contributed by atoms with van der Waals surface area (Å²) in [6.07, 6.45) is 0. The van der Waals surface area contributed by atoms with Crippen molar-refractivity contribution in [2.24, 2.45) is 5.92 Å². The first kappa shape index (κ1) is 20.0. The minimum Gasteiger partial charge on any atom is -0.493 e. The summed E-state index contributed by atoms with van der Waals surface area (Å²) in [6, 6.07) is 5.49. The number of para-hydroxylation sites is 1. The van der Waals surface area contributed by atoms with E-state index in [0.717, 1.165) is 17.2 Å². The van der Waals surface area contributed by atoms with Crippen molar-refractivity contribution in [1.82, 2.24) is 9.88 Å². The third-order valence-corrected chi connectivity index (χ3v) is 4.58. The van der Waals surface area contributed by atoms with Crippen molar-refractivity contribution in [1.29, 1.82) is 0 Å². The largest absolute Gasteiger partial charge is 0.493 e. The molecule has 1 amide bonds. The van der Waals surface area contributed by atoms with Gasteiger partial charge in [0.2, 0.25) is 11.7 Å². The molecule has 0 atom stereocenters. The van der Waals surface area contributed by atoms with E-state index < -0.39 is 0 Å². The van der Waals surface area contributed by atoms with Crippen LogP contribution in [0.5, 0.6) is 17.2 Å². The van der Waals surface area contributed by atoms with Crippen molar-refractivity contribution < 1.29 is 19.0 Å². The van der Waals surface area contributed by atoms with Crippen LogP contribution in [-0.4, -0.2) is 36.6 Å². The van der Waals surface area contributed by atoms with Crippen LogP contribution in [0.2, 0.25) is 0 Å². The summed E-state index contributed by atoms with van der Waals surface area (Å²) in [4.78, 5) is 18.2. The number of methoxy groups -OCH3 is 2. The second-order valence-electron chi connectivity index (χ2n) is 6.31. The lowest BCUT2D eigenvalue weighted by Crippen LogP contribution is -2.31. The number of thiazole rings is 1. The van der Waals surface area contributed by atoms with Crippen molar-refractivity contribution in [3.63, 3.8) is 0 Å². The normalized spacial score (nSPS) is 10.7. The van der Waals surface area contributed by atoms with Crippen LogP contribution in [0.15, 0.2) is 23.6 Å². The zero-order valence-corrected chi connectivity index (χ0v) is 16.8. The summed E-state index contributed by atoms with van der Waals surface area (Å²) in [7, 11) is 3.18. The molecule has 0 fully saturated rings. The minimum absolute atomic E-state index is 0.0586. The predicted octanol–water partition coefficient (Wildman–Crippen LogP) is 3.74. The molecule has 0 N–H and O–H groups in total. The molecule has 0 aliphatic rings. The van der Waals surface area contributed by atoms with Gasteiger partial charge in [0.1, 0.15) is 11.6 Å². The number of aromatic nitrogens is 1. The number of nitrogens with zero attached hydrogens (tertiary/aromatic N) is 2. The fourth-order valence-electron chi connectivity index (χ4n) is 2.52. The number of hydrogen-bond donors (Lipinski definition) is 0. The van der Waals surface area contributed by atoms with E-state index in [1.807, 2.05) is 28.5 Å². The Bertz CT molecular complexity index is 708. The summed E-state index contributed by atoms with van der Waals surface area (Å²) in [5.74, 6) is 2.25. The van der Waals surface area contributed by atoms with Crippen molar-refractivity contribution in [2.75, 3.05) is 20.8 Å². The molecule has 1 heterocycles. The number of ether oxygens (including phenoxy) is 3. The van der Waals surface area contributed by atoms with Crippen LogP contribution in [0.3, 0.4) is 0 Å². The summed E-state index contributed by atoms with van der Waals surface area (Å²) < 4.78 is 16.5. The molecule has 2 rings (SSSR count). The van der Waals surface area contributed by atoms with E-state index in [9.17, 15) is 4.79 Å². The molecule has 7 heteroatoms. The van der Waals surface area contributed by atoms with Gasteiger partial charge in [-0.25, -0.2) is 4.98 Å². The molecule has 142 valence electrons. The molecule has 0 saturated carbocycles. The fourth-order valence-corrected chi connectivity index (χ4v) is 3.22. The second kappa shape index (κ2) is 9.43. The van der Waals surface area contributed by atoms with Crippen molar-refractivity contribution in [2.45, 2.75) is 33.9 Å². The molecule has 0 aliphatic carbocycles. The quantitative estimate of drug-likeness (QED) is 0.665. The van der Waals surface area contributed by atoms with Gasteiger partial charge in [-0.1, -0.05) is 19.9 Å². The molecule has 0 radical (unpaired) electrons. The third-order valence-electron chi connectivity index (χ3n) is 3.71. The van der Waals surface area contributed by atoms with Gasteiger partial charge in [-0.3, -0.25) is 4.79 Å². The number of hydrogen-bond acceptors (Lipinski definition) is 6.